The maximum absolute atomic E-state index is 3.63. The van der Waals surface area contributed by atoms with E-state index < -0.39 is 0 Å². The van der Waals surface area contributed by atoms with E-state index in [4.69, 9.17) is 0 Å². The number of nitrogens with one attached hydrogen (secondary N) is 1. The van der Waals surface area contributed by atoms with E-state index in [1.807, 2.05) is 0 Å². The summed E-state index contributed by atoms with van der Waals surface area (Å²) in [4.78, 5) is 5.24. The number of hydrogen-bond acceptors (Lipinski definition) is 3. The van der Waals surface area contributed by atoms with E-state index in [1.165, 1.54) is 58.5 Å². The van der Waals surface area contributed by atoms with Gasteiger partial charge in [-0.15, -0.1) is 0 Å². The first kappa shape index (κ1) is 12.3. The highest BCUT2D eigenvalue weighted by molar-refractivity contribution is 4.84. The van der Waals surface area contributed by atoms with Gasteiger partial charge in [0.15, 0.2) is 0 Å². The van der Waals surface area contributed by atoms with Crippen molar-refractivity contribution in [1.82, 2.24) is 15.1 Å². The highest BCUT2D eigenvalue weighted by Crippen LogP contribution is 2.18. The third-order valence-electron chi connectivity index (χ3n) is 3.85. The van der Waals surface area contributed by atoms with Crippen LogP contribution in [0.25, 0.3) is 0 Å². The lowest BCUT2D eigenvalue weighted by atomic mass is 10.2. The summed E-state index contributed by atoms with van der Waals surface area (Å²) in [6.45, 7) is 12.1. The zero-order chi connectivity index (χ0) is 11.4. The van der Waals surface area contributed by atoms with Crippen LogP contribution in [0.5, 0.6) is 0 Å². The SMILES string of the molecule is CCCN1CCN(C(C)CNC2CC2)CC1. The zero-order valence-corrected chi connectivity index (χ0v) is 10.9. The van der Waals surface area contributed by atoms with Gasteiger partial charge < -0.3 is 10.2 Å². The lowest BCUT2D eigenvalue weighted by Crippen LogP contribution is -2.52. The van der Waals surface area contributed by atoms with Crippen LogP contribution in [0.15, 0.2) is 0 Å². The molecule has 0 spiro atoms. The molecule has 3 heteroatoms. The molecule has 0 bridgehead atoms. The molecule has 0 radical (unpaired) electrons. The van der Waals surface area contributed by atoms with Gasteiger partial charge in [-0.2, -0.15) is 0 Å². The molecule has 1 unspecified atom stereocenters. The molecule has 0 aromatic rings. The Labute approximate surface area is 100 Å². The van der Waals surface area contributed by atoms with Crippen LogP contribution in [-0.4, -0.2) is 61.2 Å². The molecule has 1 heterocycles. The van der Waals surface area contributed by atoms with Gasteiger partial charge in [-0.3, -0.25) is 4.90 Å². The van der Waals surface area contributed by atoms with Crippen molar-refractivity contribution >= 4 is 0 Å². The third kappa shape index (κ3) is 3.72. The van der Waals surface area contributed by atoms with Gasteiger partial charge in [0, 0.05) is 44.8 Å². The topological polar surface area (TPSA) is 18.5 Å². The van der Waals surface area contributed by atoms with E-state index in [0.717, 1.165) is 6.04 Å². The predicted molar refractivity (Wildman–Crippen MR) is 68.8 cm³/mol. The molecule has 1 N–H and O–H groups in total. The van der Waals surface area contributed by atoms with E-state index in [2.05, 4.69) is 29.0 Å². The van der Waals surface area contributed by atoms with Gasteiger partial charge in [0.05, 0.1) is 0 Å². The Morgan fingerprint density at radius 2 is 1.88 bits per heavy atom. The first-order valence-corrected chi connectivity index (χ1v) is 6.99. The van der Waals surface area contributed by atoms with Gasteiger partial charge in [-0.25, -0.2) is 0 Å². The average Bonchev–Trinajstić information content (AvgIpc) is 3.11. The molecule has 16 heavy (non-hydrogen) atoms. The molecule has 1 atom stereocenters. The summed E-state index contributed by atoms with van der Waals surface area (Å²) in [6.07, 6.45) is 4.09. The summed E-state index contributed by atoms with van der Waals surface area (Å²) < 4.78 is 0. The van der Waals surface area contributed by atoms with Gasteiger partial charge in [0.25, 0.3) is 0 Å². The molecule has 3 nitrogen and oxygen atoms in total. The van der Waals surface area contributed by atoms with Crippen LogP contribution in [0.1, 0.15) is 33.1 Å². The Bertz CT molecular complexity index is 195. The highest BCUT2D eigenvalue weighted by atomic mass is 15.3. The van der Waals surface area contributed by atoms with E-state index in [1.54, 1.807) is 0 Å². The quantitative estimate of drug-likeness (QED) is 0.732. The average molecular weight is 225 g/mol. The molecule has 1 saturated heterocycles. The molecule has 1 aliphatic carbocycles. The molecule has 0 aromatic carbocycles. The van der Waals surface area contributed by atoms with Crippen molar-refractivity contribution in [2.75, 3.05) is 39.3 Å². The Balaban J connectivity index is 1.62. The van der Waals surface area contributed by atoms with Crippen LogP contribution >= 0.6 is 0 Å². The van der Waals surface area contributed by atoms with E-state index in [-0.39, 0.29) is 0 Å². The second-order valence-corrected chi connectivity index (χ2v) is 5.41. The normalized spacial score (nSPS) is 25.9. The first-order chi connectivity index (χ1) is 7.79. The van der Waals surface area contributed by atoms with Crippen LogP contribution in [0.2, 0.25) is 0 Å². The predicted octanol–water partition coefficient (Wildman–Crippen LogP) is 1.15. The molecule has 1 saturated carbocycles. The minimum absolute atomic E-state index is 0.712. The van der Waals surface area contributed by atoms with Crippen LogP contribution in [-0.2, 0) is 0 Å². The molecule has 1 aliphatic heterocycles. The van der Waals surface area contributed by atoms with Crippen molar-refractivity contribution in [2.45, 2.75) is 45.2 Å². The number of nitrogens with zero attached hydrogens (tertiary/aromatic N) is 2. The van der Waals surface area contributed by atoms with E-state index in [0.29, 0.717) is 6.04 Å². The second kappa shape index (κ2) is 5.99. The Kier molecular flexibility index (Phi) is 4.62. The maximum Gasteiger partial charge on any atom is 0.0193 e. The largest absolute Gasteiger partial charge is 0.312 e. The van der Waals surface area contributed by atoms with Gasteiger partial charge >= 0.3 is 0 Å². The summed E-state index contributed by atoms with van der Waals surface area (Å²) in [5.41, 5.74) is 0. The standard InChI is InChI=1S/C13H27N3/c1-3-6-15-7-9-16(10-8-15)12(2)11-14-13-4-5-13/h12-14H,3-11H2,1-2H3. The van der Waals surface area contributed by atoms with E-state index >= 15 is 0 Å². The summed E-state index contributed by atoms with van der Waals surface area (Å²) in [7, 11) is 0. The van der Waals surface area contributed by atoms with Gasteiger partial charge in [0.1, 0.15) is 0 Å². The minimum Gasteiger partial charge on any atom is -0.312 e. The van der Waals surface area contributed by atoms with Crippen molar-refractivity contribution in [3.05, 3.63) is 0 Å². The monoisotopic (exact) mass is 225 g/mol. The summed E-state index contributed by atoms with van der Waals surface area (Å²) in [5, 5.41) is 3.63. The molecule has 2 fully saturated rings. The lowest BCUT2D eigenvalue weighted by molar-refractivity contribution is 0.102. The maximum atomic E-state index is 3.63. The molecule has 2 rings (SSSR count). The molecular weight excluding hydrogens is 198 g/mol. The number of hydrogen-bond donors (Lipinski definition) is 1. The number of rotatable bonds is 6. The van der Waals surface area contributed by atoms with E-state index in [9.17, 15) is 0 Å². The van der Waals surface area contributed by atoms with Crippen LogP contribution in [0, 0.1) is 0 Å². The van der Waals surface area contributed by atoms with Crippen molar-refractivity contribution in [3.8, 4) is 0 Å². The van der Waals surface area contributed by atoms with Crippen LogP contribution in [0.3, 0.4) is 0 Å². The third-order valence-corrected chi connectivity index (χ3v) is 3.85. The molecule has 0 aromatic heterocycles. The Morgan fingerprint density at radius 1 is 1.19 bits per heavy atom. The first-order valence-electron chi connectivity index (χ1n) is 6.99. The van der Waals surface area contributed by atoms with Crippen molar-refractivity contribution in [1.29, 1.82) is 0 Å². The van der Waals surface area contributed by atoms with Crippen LogP contribution in [0.4, 0.5) is 0 Å². The molecular formula is C13H27N3. The smallest absolute Gasteiger partial charge is 0.0193 e. The molecule has 94 valence electrons. The fourth-order valence-corrected chi connectivity index (χ4v) is 2.50. The molecule has 2 aliphatic rings. The Morgan fingerprint density at radius 3 is 2.44 bits per heavy atom. The van der Waals surface area contributed by atoms with Gasteiger partial charge in [0.2, 0.25) is 0 Å². The fraction of sp³-hybridized carbons (Fsp3) is 1.00. The second-order valence-electron chi connectivity index (χ2n) is 5.41. The van der Waals surface area contributed by atoms with Gasteiger partial charge in [-0.1, -0.05) is 6.92 Å². The zero-order valence-electron chi connectivity index (χ0n) is 10.9. The Hall–Kier alpha value is -0.120. The molecule has 0 amide bonds. The van der Waals surface area contributed by atoms with Crippen molar-refractivity contribution in [3.63, 3.8) is 0 Å². The fourth-order valence-electron chi connectivity index (χ4n) is 2.50. The van der Waals surface area contributed by atoms with Crippen LogP contribution < -0.4 is 5.32 Å². The summed E-state index contributed by atoms with van der Waals surface area (Å²) in [6, 6.07) is 1.56. The minimum atomic E-state index is 0.712. The highest BCUT2D eigenvalue weighted by Gasteiger charge is 2.24. The number of piperazine rings is 1. The summed E-state index contributed by atoms with van der Waals surface area (Å²) >= 11 is 0. The lowest BCUT2D eigenvalue weighted by Gasteiger charge is -2.38. The van der Waals surface area contributed by atoms with Gasteiger partial charge in [-0.05, 0) is 32.7 Å². The van der Waals surface area contributed by atoms with Crippen molar-refractivity contribution < 1.29 is 0 Å². The van der Waals surface area contributed by atoms with Crippen molar-refractivity contribution in [2.24, 2.45) is 0 Å². The summed E-state index contributed by atoms with van der Waals surface area (Å²) in [5.74, 6) is 0.